The third-order valence-electron chi connectivity index (χ3n) is 7.20. The molecule has 2 aliphatic carbocycles. The molecule has 0 aromatic heterocycles. The number of ketones is 1. The molecule has 0 radical (unpaired) electrons. The van der Waals surface area contributed by atoms with Crippen molar-refractivity contribution in [1.82, 2.24) is 0 Å². The molecule has 3 fully saturated rings. The molecule has 30 heavy (non-hydrogen) atoms. The van der Waals surface area contributed by atoms with Crippen LogP contribution in [-0.4, -0.2) is 24.2 Å². The Labute approximate surface area is 176 Å². The lowest BCUT2D eigenvalue weighted by atomic mass is 9.81. The van der Waals surface area contributed by atoms with E-state index in [1.165, 1.54) is 4.90 Å². The van der Waals surface area contributed by atoms with Crippen LogP contribution in [0.15, 0.2) is 42.5 Å². The van der Waals surface area contributed by atoms with E-state index in [0.717, 1.165) is 30.4 Å². The highest BCUT2D eigenvalue weighted by Crippen LogP contribution is 2.56. The fourth-order valence-electron chi connectivity index (χ4n) is 5.52. The predicted octanol–water partition coefficient (Wildman–Crippen LogP) is 4.10. The molecule has 4 atom stereocenters. The molecule has 2 amide bonds. The number of fused-ring (bicyclic) bond motifs is 5. The summed E-state index contributed by atoms with van der Waals surface area (Å²) in [4.78, 5) is 39.9. The first-order chi connectivity index (χ1) is 14.4. The van der Waals surface area contributed by atoms with Crippen LogP contribution in [-0.2, 0) is 9.59 Å². The maximum atomic E-state index is 13.0. The number of hydrogen-bond donors (Lipinski definition) is 0. The van der Waals surface area contributed by atoms with Crippen molar-refractivity contribution in [3.63, 3.8) is 0 Å². The van der Waals surface area contributed by atoms with Gasteiger partial charge in [-0.1, -0.05) is 18.2 Å². The van der Waals surface area contributed by atoms with E-state index in [2.05, 4.69) is 0 Å². The highest BCUT2D eigenvalue weighted by Gasteiger charge is 2.61. The second kappa shape index (κ2) is 7.08. The smallest absolute Gasteiger partial charge is 0.237 e. The van der Waals surface area contributed by atoms with Crippen LogP contribution in [0.2, 0.25) is 0 Å². The number of carbonyl (C=O) groups excluding carboxylic acids is 3. The average molecular weight is 403 g/mol. The fourth-order valence-corrected chi connectivity index (χ4v) is 5.52. The number of rotatable bonds is 5. The van der Waals surface area contributed by atoms with Crippen LogP contribution < -0.4 is 9.64 Å². The van der Waals surface area contributed by atoms with E-state index in [9.17, 15) is 14.4 Å². The maximum absolute atomic E-state index is 13.0. The highest BCUT2D eigenvalue weighted by atomic mass is 16.5. The number of carbonyl (C=O) groups is 3. The van der Waals surface area contributed by atoms with E-state index < -0.39 is 0 Å². The molecule has 5 rings (SSSR count). The number of benzene rings is 2. The topological polar surface area (TPSA) is 63.7 Å². The summed E-state index contributed by atoms with van der Waals surface area (Å²) in [6, 6.07) is 12.5. The lowest BCUT2D eigenvalue weighted by molar-refractivity contribution is -0.123. The Morgan fingerprint density at radius 1 is 0.967 bits per heavy atom. The molecule has 2 aromatic rings. The predicted molar refractivity (Wildman–Crippen MR) is 112 cm³/mol. The van der Waals surface area contributed by atoms with Gasteiger partial charge in [-0.05, 0) is 74.3 Å². The quantitative estimate of drug-likeness (QED) is 0.557. The molecule has 0 N–H and O–H groups in total. The Morgan fingerprint density at radius 2 is 1.67 bits per heavy atom. The molecule has 154 valence electrons. The van der Waals surface area contributed by atoms with E-state index in [4.69, 9.17) is 4.74 Å². The first-order valence-electron chi connectivity index (χ1n) is 10.6. The summed E-state index contributed by atoms with van der Waals surface area (Å²) < 4.78 is 5.71. The molecule has 2 aromatic carbocycles. The van der Waals surface area contributed by atoms with Crippen LogP contribution >= 0.6 is 0 Å². The van der Waals surface area contributed by atoms with Gasteiger partial charge in [-0.15, -0.1) is 0 Å². The summed E-state index contributed by atoms with van der Waals surface area (Å²) >= 11 is 0. The second-order valence-electron chi connectivity index (χ2n) is 8.90. The van der Waals surface area contributed by atoms with E-state index >= 15 is 0 Å². The first-order valence-corrected chi connectivity index (χ1v) is 10.6. The third kappa shape index (κ3) is 2.95. The van der Waals surface area contributed by atoms with Gasteiger partial charge in [0.2, 0.25) is 11.8 Å². The van der Waals surface area contributed by atoms with Crippen molar-refractivity contribution in [3.05, 3.63) is 59.2 Å². The van der Waals surface area contributed by atoms with Crippen molar-refractivity contribution in [2.24, 2.45) is 23.7 Å². The molecule has 1 aliphatic heterocycles. The van der Waals surface area contributed by atoms with E-state index in [-0.39, 0.29) is 36.0 Å². The van der Waals surface area contributed by atoms with Gasteiger partial charge in [0.1, 0.15) is 5.75 Å². The molecule has 0 spiro atoms. The number of ether oxygens (including phenoxy) is 1. The molecule has 2 bridgehead atoms. The van der Waals surface area contributed by atoms with Crippen LogP contribution in [0.3, 0.4) is 0 Å². The van der Waals surface area contributed by atoms with Gasteiger partial charge in [0.25, 0.3) is 0 Å². The van der Waals surface area contributed by atoms with E-state index in [0.29, 0.717) is 28.8 Å². The molecule has 0 unspecified atom stereocenters. The number of amides is 2. The number of aryl methyl sites for hydroxylation is 2. The maximum Gasteiger partial charge on any atom is 0.237 e. The van der Waals surface area contributed by atoms with Crippen molar-refractivity contribution in [2.75, 3.05) is 11.5 Å². The Bertz CT molecular complexity index is 1030. The summed E-state index contributed by atoms with van der Waals surface area (Å²) in [6.07, 6.45) is 3.13. The summed E-state index contributed by atoms with van der Waals surface area (Å²) in [5.74, 6) is 0.654. The Hall–Kier alpha value is -2.95. The Morgan fingerprint density at radius 3 is 2.33 bits per heavy atom. The SMILES string of the molecule is Cc1ccc(C(=O)COc2cccc(N3C(=O)[C@H]4[C@H]5CC[C@@H](C5)[C@@H]4C3=O)c2)cc1C. The van der Waals surface area contributed by atoms with Crippen molar-refractivity contribution in [1.29, 1.82) is 0 Å². The van der Waals surface area contributed by atoms with Crippen LogP contribution in [0.25, 0.3) is 0 Å². The lowest BCUT2D eigenvalue weighted by Crippen LogP contribution is -2.32. The molecule has 5 heteroatoms. The van der Waals surface area contributed by atoms with Crippen molar-refractivity contribution < 1.29 is 19.1 Å². The van der Waals surface area contributed by atoms with Crippen molar-refractivity contribution in [2.45, 2.75) is 33.1 Å². The molecule has 1 heterocycles. The zero-order valence-electron chi connectivity index (χ0n) is 17.3. The largest absolute Gasteiger partial charge is 0.485 e. The van der Waals surface area contributed by atoms with Gasteiger partial charge in [0.15, 0.2) is 12.4 Å². The van der Waals surface area contributed by atoms with Gasteiger partial charge in [-0.3, -0.25) is 14.4 Å². The van der Waals surface area contributed by atoms with E-state index in [1.54, 1.807) is 30.3 Å². The molecule has 5 nitrogen and oxygen atoms in total. The van der Waals surface area contributed by atoms with Gasteiger partial charge < -0.3 is 4.74 Å². The van der Waals surface area contributed by atoms with Crippen LogP contribution in [0.4, 0.5) is 5.69 Å². The normalized spacial score (nSPS) is 26.9. The molecule has 1 saturated heterocycles. The molecular weight excluding hydrogens is 378 g/mol. The van der Waals surface area contributed by atoms with Crippen molar-refractivity contribution in [3.8, 4) is 5.75 Å². The number of Topliss-reactive ketones (excluding diaryl/α,β-unsaturated/α-hetero) is 1. The standard InChI is InChI=1S/C25H25NO4/c1-14-6-7-16(10-15(14)2)21(27)13-30-20-5-3-4-19(12-20)26-24(28)22-17-8-9-18(11-17)23(22)25(26)29/h3-7,10,12,17-18,22-23H,8-9,11,13H2,1-2H3/t17-,18-,22-,23-/m0/s1. The summed E-state index contributed by atoms with van der Waals surface area (Å²) in [7, 11) is 0. The van der Waals surface area contributed by atoms with Gasteiger partial charge in [-0.2, -0.15) is 0 Å². The van der Waals surface area contributed by atoms with Gasteiger partial charge in [-0.25, -0.2) is 4.90 Å². The van der Waals surface area contributed by atoms with Gasteiger partial charge in [0.05, 0.1) is 17.5 Å². The number of nitrogens with zero attached hydrogens (tertiary/aromatic N) is 1. The number of anilines is 1. The number of hydrogen-bond acceptors (Lipinski definition) is 4. The average Bonchev–Trinajstić information content (AvgIpc) is 3.42. The van der Waals surface area contributed by atoms with Crippen LogP contribution in [0.1, 0.15) is 40.7 Å². The summed E-state index contributed by atoms with van der Waals surface area (Å²) in [6.45, 7) is 3.89. The first kappa shape index (κ1) is 19.0. The zero-order chi connectivity index (χ0) is 21.0. The fraction of sp³-hybridized carbons (Fsp3) is 0.400. The number of imide groups is 1. The van der Waals surface area contributed by atoms with Gasteiger partial charge in [0, 0.05) is 11.6 Å². The van der Waals surface area contributed by atoms with Crippen molar-refractivity contribution >= 4 is 23.3 Å². The molecule has 2 saturated carbocycles. The van der Waals surface area contributed by atoms with Gasteiger partial charge >= 0.3 is 0 Å². The molecule has 3 aliphatic rings. The monoisotopic (exact) mass is 403 g/mol. The minimum atomic E-state index is -0.146. The zero-order valence-corrected chi connectivity index (χ0v) is 17.3. The molecular formula is C25H25NO4. The summed E-state index contributed by atoms with van der Waals surface area (Å²) in [5, 5.41) is 0. The minimum Gasteiger partial charge on any atom is -0.485 e. The Balaban J connectivity index is 1.31. The highest BCUT2D eigenvalue weighted by molar-refractivity contribution is 6.22. The second-order valence-corrected chi connectivity index (χ2v) is 8.90. The Kier molecular flexibility index (Phi) is 4.49. The lowest BCUT2D eigenvalue weighted by Gasteiger charge is -2.19. The summed E-state index contributed by atoms with van der Waals surface area (Å²) in [5.41, 5.74) is 3.35. The van der Waals surface area contributed by atoms with E-state index in [1.807, 2.05) is 26.0 Å². The van der Waals surface area contributed by atoms with Crippen LogP contribution in [0, 0.1) is 37.5 Å². The van der Waals surface area contributed by atoms with Crippen LogP contribution in [0.5, 0.6) is 5.75 Å². The minimum absolute atomic E-state index is 0.0689. The third-order valence-corrected chi connectivity index (χ3v) is 7.20.